The molecule has 8 heteroatoms. The van der Waals surface area contributed by atoms with Crippen molar-refractivity contribution in [2.24, 2.45) is 0 Å². The Labute approximate surface area is 132 Å². The molecule has 0 saturated carbocycles. The van der Waals surface area contributed by atoms with E-state index in [9.17, 15) is 14.4 Å². The van der Waals surface area contributed by atoms with Crippen molar-refractivity contribution in [2.75, 3.05) is 26.8 Å². The van der Waals surface area contributed by atoms with E-state index in [-0.39, 0.29) is 24.6 Å². The second kappa shape index (κ2) is 6.15. The smallest absolute Gasteiger partial charge is 0.417 e. The lowest BCUT2D eigenvalue weighted by molar-refractivity contribution is -0.129. The van der Waals surface area contributed by atoms with Crippen LogP contribution in [0, 0.1) is 0 Å². The molecular weight excluding hydrogens is 302 g/mol. The number of carbonyl (C=O) groups excluding carboxylic acids is 3. The standard InChI is InChI=1S/C15H17N3O5/c1-22-12-4-2-10(3-5-12)6-16-14(20)17-7-11(8-17)18-13(19)9-23-15(18)21/h2-5,11H,6-9H2,1H3,(H,16,20). The van der Waals surface area contributed by atoms with Crippen LogP contribution < -0.4 is 10.1 Å². The first-order valence-corrected chi connectivity index (χ1v) is 7.23. The van der Waals surface area contributed by atoms with Crippen LogP contribution in [0.1, 0.15) is 5.56 Å². The third-order valence-electron chi connectivity index (χ3n) is 3.90. The monoisotopic (exact) mass is 319 g/mol. The van der Waals surface area contributed by atoms with Crippen LogP contribution in [0.3, 0.4) is 0 Å². The van der Waals surface area contributed by atoms with Crippen LogP contribution in [0.5, 0.6) is 5.75 Å². The fraction of sp³-hybridized carbons (Fsp3) is 0.400. The highest BCUT2D eigenvalue weighted by Gasteiger charge is 2.44. The summed E-state index contributed by atoms with van der Waals surface area (Å²) in [6.07, 6.45) is -0.627. The van der Waals surface area contributed by atoms with Crippen molar-refractivity contribution >= 4 is 18.0 Å². The Hall–Kier alpha value is -2.77. The number of cyclic esters (lactones) is 1. The van der Waals surface area contributed by atoms with E-state index in [2.05, 4.69) is 10.1 Å². The number of urea groups is 1. The number of carbonyl (C=O) groups is 3. The Bertz CT molecular complexity index is 609. The molecule has 2 aliphatic heterocycles. The lowest BCUT2D eigenvalue weighted by Crippen LogP contribution is -2.63. The van der Waals surface area contributed by atoms with Gasteiger partial charge in [0, 0.05) is 19.6 Å². The molecule has 2 heterocycles. The molecule has 122 valence electrons. The summed E-state index contributed by atoms with van der Waals surface area (Å²) in [6, 6.07) is 6.88. The minimum Gasteiger partial charge on any atom is -0.497 e. The van der Waals surface area contributed by atoms with Gasteiger partial charge in [0.05, 0.1) is 13.2 Å². The van der Waals surface area contributed by atoms with Crippen molar-refractivity contribution in [3.63, 3.8) is 0 Å². The molecule has 0 spiro atoms. The van der Waals surface area contributed by atoms with E-state index in [1.807, 2.05) is 24.3 Å². The van der Waals surface area contributed by atoms with Gasteiger partial charge in [-0.25, -0.2) is 14.5 Å². The topological polar surface area (TPSA) is 88.2 Å². The van der Waals surface area contributed by atoms with E-state index in [0.717, 1.165) is 16.2 Å². The predicted molar refractivity (Wildman–Crippen MR) is 78.8 cm³/mol. The fourth-order valence-corrected chi connectivity index (χ4v) is 2.53. The van der Waals surface area contributed by atoms with Gasteiger partial charge in [-0.15, -0.1) is 0 Å². The number of benzene rings is 1. The van der Waals surface area contributed by atoms with Crippen molar-refractivity contribution in [3.05, 3.63) is 29.8 Å². The molecule has 2 saturated heterocycles. The third kappa shape index (κ3) is 3.05. The van der Waals surface area contributed by atoms with Crippen LogP contribution in [-0.2, 0) is 16.1 Å². The molecular formula is C15H17N3O5. The molecule has 4 amide bonds. The van der Waals surface area contributed by atoms with Crippen molar-refractivity contribution < 1.29 is 23.9 Å². The van der Waals surface area contributed by atoms with Crippen LogP contribution in [-0.4, -0.2) is 60.7 Å². The van der Waals surface area contributed by atoms with E-state index in [0.29, 0.717) is 19.6 Å². The maximum absolute atomic E-state index is 12.0. The highest BCUT2D eigenvalue weighted by atomic mass is 16.6. The normalized spacial score (nSPS) is 17.8. The number of hydrogen-bond donors (Lipinski definition) is 1. The number of rotatable bonds is 4. The van der Waals surface area contributed by atoms with E-state index < -0.39 is 6.09 Å². The van der Waals surface area contributed by atoms with Gasteiger partial charge in [0.15, 0.2) is 6.61 Å². The molecule has 1 N–H and O–H groups in total. The van der Waals surface area contributed by atoms with Crippen LogP contribution in [0.25, 0.3) is 0 Å². The average molecular weight is 319 g/mol. The second-order valence-corrected chi connectivity index (χ2v) is 5.38. The minimum absolute atomic E-state index is 0.209. The van der Waals surface area contributed by atoms with Gasteiger partial charge in [0.2, 0.25) is 0 Å². The Morgan fingerprint density at radius 1 is 1.30 bits per heavy atom. The van der Waals surface area contributed by atoms with Crippen molar-refractivity contribution in [3.8, 4) is 5.75 Å². The molecule has 0 aromatic heterocycles. The van der Waals surface area contributed by atoms with Crippen LogP contribution >= 0.6 is 0 Å². The van der Waals surface area contributed by atoms with E-state index in [4.69, 9.17) is 4.74 Å². The maximum Gasteiger partial charge on any atom is 0.417 e. The zero-order valence-corrected chi connectivity index (χ0v) is 12.7. The Morgan fingerprint density at radius 3 is 2.57 bits per heavy atom. The minimum atomic E-state index is -0.627. The highest BCUT2D eigenvalue weighted by Crippen LogP contribution is 2.19. The van der Waals surface area contributed by atoms with Gasteiger partial charge in [-0.1, -0.05) is 12.1 Å². The summed E-state index contributed by atoms with van der Waals surface area (Å²) >= 11 is 0. The zero-order chi connectivity index (χ0) is 16.4. The van der Waals surface area contributed by atoms with Gasteiger partial charge < -0.3 is 19.7 Å². The lowest BCUT2D eigenvalue weighted by Gasteiger charge is -2.41. The molecule has 0 unspecified atom stereocenters. The molecule has 0 bridgehead atoms. The number of nitrogens with zero attached hydrogens (tertiary/aromatic N) is 2. The number of hydrogen-bond acceptors (Lipinski definition) is 5. The van der Waals surface area contributed by atoms with Crippen molar-refractivity contribution in [2.45, 2.75) is 12.6 Å². The molecule has 0 atom stereocenters. The van der Waals surface area contributed by atoms with Crippen LogP contribution in [0.2, 0.25) is 0 Å². The summed E-state index contributed by atoms with van der Waals surface area (Å²) < 4.78 is 9.73. The number of imide groups is 1. The molecule has 2 aliphatic rings. The first-order chi connectivity index (χ1) is 11.1. The van der Waals surface area contributed by atoms with E-state index in [1.165, 1.54) is 0 Å². The molecule has 8 nitrogen and oxygen atoms in total. The Morgan fingerprint density at radius 2 is 2.00 bits per heavy atom. The summed E-state index contributed by atoms with van der Waals surface area (Å²) in [5, 5.41) is 2.80. The SMILES string of the molecule is COc1ccc(CNC(=O)N2CC(N3C(=O)COC3=O)C2)cc1. The quantitative estimate of drug-likeness (QED) is 0.876. The van der Waals surface area contributed by atoms with E-state index >= 15 is 0 Å². The first-order valence-electron chi connectivity index (χ1n) is 7.23. The summed E-state index contributed by atoms with van der Waals surface area (Å²) in [6.45, 7) is 0.845. The van der Waals surface area contributed by atoms with Gasteiger partial charge >= 0.3 is 12.1 Å². The molecule has 1 aromatic carbocycles. The van der Waals surface area contributed by atoms with Gasteiger partial charge in [0.1, 0.15) is 5.75 Å². The lowest BCUT2D eigenvalue weighted by atomic mass is 10.1. The Kier molecular flexibility index (Phi) is 4.05. The van der Waals surface area contributed by atoms with Gasteiger partial charge in [-0.3, -0.25) is 4.79 Å². The van der Waals surface area contributed by atoms with Gasteiger partial charge in [-0.05, 0) is 17.7 Å². The number of nitrogens with one attached hydrogen (secondary N) is 1. The number of methoxy groups -OCH3 is 1. The predicted octanol–water partition coefficient (Wildman–Crippen LogP) is 0.568. The summed E-state index contributed by atoms with van der Waals surface area (Å²) in [5.41, 5.74) is 0.953. The van der Waals surface area contributed by atoms with Crippen LogP contribution in [0.15, 0.2) is 24.3 Å². The van der Waals surface area contributed by atoms with Gasteiger partial charge in [-0.2, -0.15) is 0 Å². The summed E-state index contributed by atoms with van der Waals surface area (Å²) in [5.74, 6) is 0.408. The highest BCUT2D eigenvalue weighted by molar-refractivity contribution is 5.98. The maximum atomic E-state index is 12.0. The molecule has 23 heavy (non-hydrogen) atoms. The number of ether oxygens (including phenoxy) is 2. The average Bonchev–Trinajstić information content (AvgIpc) is 2.84. The van der Waals surface area contributed by atoms with Crippen LogP contribution in [0.4, 0.5) is 9.59 Å². The first kappa shape index (κ1) is 15.1. The largest absolute Gasteiger partial charge is 0.497 e. The molecule has 1 aromatic rings. The molecule has 0 radical (unpaired) electrons. The summed E-state index contributed by atoms with van der Waals surface area (Å²) in [7, 11) is 1.60. The second-order valence-electron chi connectivity index (χ2n) is 5.38. The molecule has 0 aliphatic carbocycles. The fourth-order valence-electron chi connectivity index (χ4n) is 2.53. The zero-order valence-electron chi connectivity index (χ0n) is 12.7. The van der Waals surface area contributed by atoms with Crippen molar-refractivity contribution in [1.29, 1.82) is 0 Å². The van der Waals surface area contributed by atoms with Crippen molar-refractivity contribution in [1.82, 2.24) is 15.1 Å². The Balaban J connectivity index is 1.45. The molecule has 2 fully saturated rings. The number of likely N-dealkylation sites (tertiary alicyclic amines) is 1. The number of amides is 4. The molecule has 3 rings (SSSR count). The third-order valence-corrected chi connectivity index (χ3v) is 3.90. The van der Waals surface area contributed by atoms with E-state index in [1.54, 1.807) is 12.0 Å². The van der Waals surface area contributed by atoms with Gasteiger partial charge in [0.25, 0.3) is 5.91 Å². The summed E-state index contributed by atoms with van der Waals surface area (Å²) in [4.78, 5) is 37.6.